The molecule has 1 aromatic heterocycles. The number of benzene rings is 2. The van der Waals surface area contributed by atoms with Gasteiger partial charge in [0, 0.05) is 20.6 Å². The first-order valence-corrected chi connectivity index (χ1v) is 8.87. The van der Waals surface area contributed by atoms with Gasteiger partial charge in [-0.2, -0.15) is 5.10 Å². The lowest BCUT2D eigenvalue weighted by Crippen LogP contribution is -2.38. The molecule has 0 aliphatic carbocycles. The Bertz CT molecular complexity index is 985. The van der Waals surface area contributed by atoms with E-state index < -0.39 is 0 Å². The molecule has 1 amide bonds. The van der Waals surface area contributed by atoms with Crippen LogP contribution in [-0.2, 0) is 0 Å². The third-order valence-electron chi connectivity index (χ3n) is 4.23. The Hall–Kier alpha value is -2.31. The number of rotatable bonds is 2. The number of amides is 1. The van der Waals surface area contributed by atoms with Crippen molar-refractivity contribution >= 4 is 39.1 Å². The van der Waals surface area contributed by atoms with Gasteiger partial charge in [0.25, 0.3) is 5.91 Å². The molecular formula is C18H14BrClN4O. The van der Waals surface area contributed by atoms with Crippen LogP contribution in [0.4, 0.5) is 5.69 Å². The number of aromatic amines is 1. The Morgan fingerprint density at radius 2 is 1.96 bits per heavy atom. The molecule has 2 aromatic carbocycles. The maximum absolute atomic E-state index is 12.6. The summed E-state index contributed by atoms with van der Waals surface area (Å²) in [6.07, 6.45) is 1.34. The maximum Gasteiger partial charge on any atom is 0.255 e. The fraction of sp³-hybridized carbons (Fsp3) is 0.111. The van der Waals surface area contributed by atoms with Crippen molar-refractivity contribution in [1.82, 2.24) is 15.5 Å². The number of nitrogens with one attached hydrogen (secondary N) is 3. The molecule has 3 N–H and O–H groups in total. The molecular weight excluding hydrogens is 404 g/mol. The summed E-state index contributed by atoms with van der Waals surface area (Å²) in [5.74, 6) is -0.163. The molecule has 1 atom stereocenters. The maximum atomic E-state index is 12.6. The van der Waals surface area contributed by atoms with Gasteiger partial charge in [-0.3, -0.25) is 9.89 Å². The number of H-pyrrole nitrogens is 1. The average molecular weight is 418 g/mol. The number of carbonyl (C=O) groups excluding carboxylic acids is 1. The second-order valence-corrected chi connectivity index (χ2v) is 7.17. The van der Waals surface area contributed by atoms with E-state index in [-0.39, 0.29) is 12.1 Å². The molecule has 126 valence electrons. The summed E-state index contributed by atoms with van der Waals surface area (Å²) in [6, 6.07) is 11.4. The third-order valence-corrected chi connectivity index (χ3v) is 5.14. The van der Waals surface area contributed by atoms with Crippen molar-refractivity contribution in [2.75, 3.05) is 5.32 Å². The van der Waals surface area contributed by atoms with Crippen molar-refractivity contribution in [1.29, 1.82) is 0 Å². The van der Waals surface area contributed by atoms with Gasteiger partial charge in [0.1, 0.15) is 6.17 Å². The molecule has 1 aliphatic heterocycles. The summed E-state index contributed by atoms with van der Waals surface area (Å²) in [5, 5.41) is 14.1. The van der Waals surface area contributed by atoms with E-state index in [4.69, 9.17) is 11.6 Å². The van der Waals surface area contributed by atoms with Crippen molar-refractivity contribution in [2.45, 2.75) is 13.1 Å². The van der Waals surface area contributed by atoms with Crippen LogP contribution in [-0.4, -0.2) is 16.1 Å². The van der Waals surface area contributed by atoms with Gasteiger partial charge < -0.3 is 10.6 Å². The van der Waals surface area contributed by atoms with Crippen LogP contribution >= 0.6 is 27.5 Å². The predicted octanol–water partition coefficient (Wildman–Crippen LogP) is 4.66. The van der Waals surface area contributed by atoms with E-state index in [0.717, 1.165) is 32.5 Å². The minimum atomic E-state index is -0.388. The number of hydrogen-bond acceptors (Lipinski definition) is 3. The molecule has 4 rings (SSSR count). The molecule has 2 heterocycles. The van der Waals surface area contributed by atoms with Crippen LogP contribution in [0.15, 0.2) is 47.1 Å². The van der Waals surface area contributed by atoms with Crippen molar-refractivity contribution in [3.8, 4) is 11.3 Å². The van der Waals surface area contributed by atoms with Gasteiger partial charge in [0.2, 0.25) is 0 Å². The molecule has 7 heteroatoms. The van der Waals surface area contributed by atoms with Gasteiger partial charge in [-0.15, -0.1) is 0 Å². The summed E-state index contributed by atoms with van der Waals surface area (Å²) in [6.45, 7) is 1.93. The number of carbonyl (C=O) groups is 1. The molecule has 1 unspecified atom stereocenters. The number of hydrogen-bond donors (Lipinski definition) is 3. The van der Waals surface area contributed by atoms with Crippen LogP contribution in [0.2, 0.25) is 5.02 Å². The Labute approximate surface area is 157 Å². The first-order chi connectivity index (χ1) is 12.0. The van der Waals surface area contributed by atoms with Crippen LogP contribution < -0.4 is 10.6 Å². The van der Waals surface area contributed by atoms with E-state index in [0.29, 0.717) is 10.6 Å². The first-order valence-electron chi connectivity index (χ1n) is 7.70. The normalized spacial score (nSPS) is 16.1. The van der Waals surface area contributed by atoms with Gasteiger partial charge in [-0.05, 0) is 30.7 Å². The highest BCUT2D eigenvalue weighted by molar-refractivity contribution is 9.10. The van der Waals surface area contributed by atoms with E-state index in [9.17, 15) is 4.79 Å². The zero-order chi connectivity index (χ0) is 17.6. The summed E-state index contributed by atoms with van der Waals surface area (Å²) < 4.78 is 0.950. The molecule has 1 aliphatic rings. The topological polar surface area (TPSA) is 69.8 Å². The zero-order valence-electron chi connectivity index (χ0n) is 13.2. The number of nitrogens with zero attached hydrogens (tertiary/aromatic N) is 1. The fourth-order valence-corrected chi connectivity index (χ4v) is 3.81. The molecule has 25 heavy (non-hydrogen) atoms. The Morgan fingerprint density at radius 3 is 2.76 bits per heavy atom. The Morgan fingerprint density at radius 1 is 1.16 bits per heavy atom. The Balaban J connectivity index is 1.77. The number of anilines is 1. The monoisotopic (exact) mass is 416 g/mol. The highest BCUT2D eigenvalue weighted by atomic mass is 79.9. The molecule has 0 spiro atoms. The highest BCUT2D eigenvalue weighted by Crippen LogP contribution is 2.36. The second kappa shape index (κ2) is 6.20. The molecule has 0 saturated heterocycles. The number of halogens is 2. The lowest BCUT2D eigenvalue weighted by atomic mass is 10.0. The zero-order valence-corrected chi connectivity index (χ0v) is 15.6. The number of aromatic nitrogens is 2. The Kier molecular flexibility index (Phi) is 4.01. The first kappa shape index (κ1) is 16.2. The molecule has 0 bridgehead atoms. The summed E-state index contributed by atoms with van der Waals surface area (Å²) in [4.78, 5) is 12.6. The average Bonchev–Trinajstić information content (AvgIpc) is 3.05. The fourth-order valence-electron chi connectivity index (χ4n) is 3.05. The van der Waals surface area contributed by atoms with E-state index in [2.05, 4.69) is 36.8 Å². The van der Waals surface area contributed by atoms with E-state index in [1.54, 1.807) is 12.3 Å². The van der Waals surface area contributed by atoms with Crippen LogP contribution in [0.5, 0.6) is 0 Å². The van der Waals surface area contributed by atoms with Crippen LogP contribution in [0, 0.1) is 6.92 Å². The smallest absolute Gasteiger partial charge is 0.255 e. The van der Waals surface area contributed by atoms with Crippen molar-refractivity contribution in [2.24, 2.45) is 0 Å². The van der Waals surface area contributed by atoms with Crippen LogP contribution in [0.1, 0.15) is 27.7 Å². The van der Waals surface area contributed by atoms with Gasteiger partial charge in [0.05, 0.1) is 23.1 Å². The van der Waals surface area contributed by atoms with Gasteiger partial charge >= 0.3 is 0 Å². The quantitative estimate of drug-likeness (QED) is 0.568. The molecule has 0 radical (unpaired) electrons. The van der Waals surface area contributed by atoms with Gasteiger partial charge in [-0.1, -0.05) is 45.7 Å². The summed E-state index contributed by atoms with van der Waals surface area (Å²) in [5.41, 5.74) is 4.95. The molecule has 0 fully saturated rings. The second-order valence-electron chi connectivity index (χ2n) is 5.88. The van der Waals surface area contributed by atoms with Crippen LogP contribution in [0.25, 0.3) is 11.3 Å². The minimum Gasteiger partial charge on any atom is -0.361 e. The summed E-state index contributed by atoms with van der Waals surface area (Å²) in [7, 11) is 0. The van der Waals surface area contributed by atoms with Crippen molar-refractivity contribution in [3.05, 3.63) is 68.8 Å². The third kappa shape index (κ3) is 2.81. The van der Waals surface area contributed by atoms with Crippen molar-refractivity contribution in [3.63, 3.8) is 0 Å². The standard InChI is InChI=1S/C18H14BrClN4O/c1-9-6-10(20)7-12-15(9)22-17(23-18(12)25)13-8-21-24-16(13)11-4-2-3-5-14(11)19/h2-8,17,22H,1H3,(H,21,24)(H,23,25). The van der Waals surface area contributed by atoms with Gasteiger partial charge in [-0.25, -0.2) is 0 Å². The molecule has 0 saturated carbocycles. The predicted molar refractivity (Wildman–Crippen MR) is 102 cm³/mol. The van der Waals surface area contributed by atoms with Gasteiger partial charge in [0.15, 0.2) is 0 Å². The van der Waals surface area contributed by atoms with E-state index in [1.165, 1.54) is 0 Å². The van der Waals surface area contributed by atoms with Crippen molar-refractivity contribution < 1.29 is 4.79 Å². The highest BCUT2D eigenvalue weighted by Gasteiger charge is 2.29. The van der Waals surface area contributed by atoms with E-state index >= 15 is 0 Å². The lowest BCUT2D eigenvalue weighted by Gasteiger charge is -2.29. The largest absolute Gasteiger partial charge is 0.361 e. The number of aryl methyl sites for hydroxylation is 1. The molecule has 5 nitrogen and oxygen atoms in total. The number of fused-ring (bicyclic) bond motifs is 1. The minimum absolute atomic E-state index is 0.163. The van der Waals surface area contributed by atoms with Crippen LogP contribution in [0.3, 0.4) is 0 Å². The molecule has 3 aromatic rings. The van der Waals surface area contributed by atoms with E-state index in [1.807, 2.05) is 37.3 Å². The SMILES string of the molecule is Cc1cc(Cl)cc2c1NC(c1cn[nH]c1-c1ccccc1Br)NC2=O. The summed E-state index contributed by atoms with van der Waals surface area (Å²) >= 11 is 9.64. The lowest BCUT2D eigenvalue weighted by molar-refractivity contribution is 0.0935.